The van der Waals surface area contributed by atoms with Crippen molar-refractivity contribution >= 4 is 17.5 Å². The zero-order chi connectivity index (χ0) is 21.1. The van der Waals surface area contributed by atoms with Gasteiger partial charge in [0.15, 0.2) is 0 Å². The molecular weight excluding hydrogens is 396 g/mol. The number of amides is 1. The Labute approximate surface area is 184 Å². The number of carbonyl (C=O) groups excluding carboxylic acids is 1. The van der Waals surface area contributed by atoms with Gasteiger partial charge >= 0.3 is 0 Å². The van der Waals surface area contributed by atoms with Crippen molar-refractivity contribution in [3.05, 3.63) is 70.7 Å². The maximum Gasteiger partial charge on any atom is 0.248 e. The molecule has 2 heterocycles. The predicted octanol–water partition coefficient (Wildman–Crippen LogP) is 4.93. The van der Waals surface area contributed by atoms with Crippen molar-refractivity contribution in [1.29, 1.82) is 0 Å². The summed E-state index contributed by atoms with van der Waals surface area (Å²) >= 11 is 6.12. The molecule has 0 bridgehead atoms. The summed E-state index contributed by atoms with van der Waals surface area (Å²) in [5.41, 5.74) is 2.68. The van der Waals surface area contributed by atoms with Gasteiger partial charge in [0, 0.05) is 42.2 Å². The molecule has 2 aliphatic heterocycles. The molecule has 1 unspecified atom stereocenters. The van der Waals surface area contributed by atoms with Crippen molar-refractivity contribution < 1.29 is 9.53 Å². The number of hydrogen-bond acceptors (Lipinski definition) is 3. The van der Waals surface area contributed by atoms with Crippen LogP contribution in [0.5, 0.6) is 0 Å². The summed E-state index contributed by atoms with van der Waals surface area (Å²) in [6.45, 7) is 7.88. The van der Waals surface area contributed by atoms with Crippen LogP contribution in [0.15, 0.2) is 54.6 Å². The van der Waals surface area contributed by atoms with E-state index in [4.69, 9.17) is 16.3 Å². The minimum absolute atomic E-state index is 0.101. The van der Waals surface area contributed by atoms with Crippen molar-refractivity contribution in [2.45, 2.75) is 45.4 Å². The summed E-state index contributed by atoms with van der Waals surface area (Å²) in [5.74, 6) is 0.101. The Morgan fingerprint density at radius 3 is 2.40 bits per heavy atom. The molecule has 1 atom stereocenters. The second kappa shape index (κ2) is 9.09. The summed E-state index contributed by atoms with van der Waals surface area (Å²) in [6.07, 6.45) is 2.07. The number of halogens is 1. The number of benzene rings is 2. The Balaban J connectivity index is 1.34. The smallest absolute Gasteiger partial charge is 0.248 e. The van der Waals surface area contributed by atoms with Crippen molar-refractivity contribution in [3.8, 4) is 0 Å². The Kier molecular flexibility index (Phi) is 6.47. The highest BCUT2D eigenvalue weighted by Gasteiger charge is 2.54. The molecule has 5 heteroatoms. The fraction of sp³-hybridized carbons (Fsp3) is 0.480. The van der Waals surface area contributed by atoms with Crippen LogP contribution in [-0.4, -0.2) is 48.0 Å². The number of hydrogen-bond donors (Lipinski definition) is 0. The third-order valence-electron chi connectivity index (χ3n) is 6.71. The molecule has 0 N–H and O–H groups in total. The minimum Gasteiger partial charge on any atom is -0.367 e. The molecule has 2 fully saturated rings. The zero-order valence-corrected chi connectivity index (χ0v) is 18.6. The van der Waals surface area contributed by atoms with Crippen LogP contribution in [0.4, 0.5) is 0 Å². The molecular formula is C25H31ClN2O2. The van der Waals surface area contributed by atoms with Crippen LogP contribution >= 0.6 is 11.6 Å². The molecule has 2 aromatic rings. The first-order valence-corrected chi connectivity index (χ1v) is 11.3. The van der Waals surface area contributed by atoms with Crippen LogP contribution in [-0.2, 0) is 16.1 Å². The van der Waals surface area contributed by atoms with Gasteiger partial charge in [-0.1, -0.05) is 54.1 Å². The molecule has 4 rings (SSSR count). The van der Waals surface area contributed by atoms with Crippen LogP contribution in [0.1, 0.15) is 43.9 Å². The Hall–Kier alpha value is -1.88. The predicted molar refractivity (Wildman–Crippen MR) is 120 cm³/mol. The molecule has 160 valence electrons. The largest absolute Gasteiger partial charge is 0.367 e. The third kappa shape index (κ3) is 4.41. The van der Waals surface area contributed by atoms with Gasteiger partial charge in [-0.2, -0.15) is 0 Å². The van der Waals surface area contributed by atoms with Crippen molar-refractivity contribution in [3.63, 3.8) is 0 Å². The maximum atomic E-state index is 12.6. The molecule has 2 aliphatic rings. The molecule has 0 radical (unpaired) electrons. The van der Waals surface area contributed by atoms with E-state index in [2.05, 4.69) is 30.9 Å². The maximum absolute atomic E-state index is 12.6. The van der Waals surface area contributed by atoms with Crippen molar-refractivity contribution in [2.75, 3.05) is 26.2 Å². The van der Waals surface area contributed by atoms with E-state index in [0.29, 0.717) is 18.7 Å². The van der Waals surface area contributed by atoms with Gasteiger partial charge in [-0.15, -0.1) is 0 Å². The van der Waals surface area contributed by atoms with Gasteiger partial charge in [0.1, 0.15) is 6.61 Å². The molecule has 1 amide bonds. The number of ether oxygens (including phenoxy) is 1. The minimum atomic E-state index is 0.101. The quantitative estimate of drug-likeness (QED) is 0.656. The summed E-state index contributed by atoms with van der Waals surface area (Å²) in [5, 5.41) is 0.777. The average Bonchev–Trinajstić information content (AvgIpc) is 2.74. The number of carbonyl (C=O) groups is 1. The Morgan fingerprint density at radius 1 is 1.10 bits per heavy atom. The van der Waals surface area contributed by atoms with E-state index in [1.54, 1.807) is 0 Å². The van der Waals surface area contributed by atoms with E-state index in [1.165, 1.54) is 5.56 Å². The highest BCUT2D eigenvalue weighted by molar-refractivity contribution is 6.30. The molecule has 1 spiro atoms. The highest BCUT2D eigenvalue weighted by atomic mass is 35.5. The van der Waals surface area contributed by atoms with E-state index in [9.17, 15) is 4.79 Å². The van der Waals surface area contributed by atoms with Gasteiger partial charge in [-0.05, 0) is 49.9 Å². The lowest BCUT2D eigenvalue weighted by Crippen LogP contribution is -2.64. The van der Waals surface area contributed by atoms with E-state index in [-0.39, 0.29) is 17.9 Å². The summed E-state index contributed by atoms with van der Waals surface area (Å²) < 4.78 is 5.67. The first-order chi connectivity index (χ1) is 14.5. The standard InChI is InChI=1S/C25H31ClN2O2/c1-19(2)28-18-25(24(28)21-8-10-22(26)11-9-21)12-14-27(15-13-25)23(29)17-30-16-20-6-4-3-5-7-20/h3-11,19,24H,12-18H2,1-2H3. The number of likely N-dealkylation sites (tertiary alicyclic amines) is 2. The molecule has 0 saturated carbocycles. The average molecular weight is 427 g/mol. The molecule has 0 aromatic heterocycles. The van der Waals surface area contributed by atoms with Crippen molar-refractivity contribution in [1.82, 2.24) is 9.80 Å². The monoisotopic (exact) mass is 426 g/mol. The topological polar surface area (TPSA) is 32.8 Å². The number of nitrogens with zero attached hydrogens (tertiary/aromatic N) is 2. The van der Waals surface area contributed by atoms with Crippen LogP contribution in [0.25, 0.3) is 0 Å². The van der Waals surface area contributed by atoms with Crippen LogP contribution in [0.2, 0.25) is 5.02 Å². The van der Waals surface area contributed by atoms with Gasteiger partial charge in [-0.25, -0.2) is 0 Å². The summed E-state index contributed by atoms with van der Waals surface area (Å²) in [7, 11) is 0. The highest BCUT2D eigenvalue weighted by Crippen LogP contribution is 2.55. The first kappa shape index (κ1) is 21.4. The lowest BCUT2D eigenvalue weighted by molar-refractivity contribution is -0.151. The van der Waals surface area contributed by atoms with Gasteiger partial charge in [-0.3, -0.25) is 9.69 Å². The lowest BCUT2D eigenvalue weighted by atomic mass is 9.62. The third-order valence-corrected chi connectivity index (χ3v) is 6.96. The molecule has 2 aromatic carbocycles. The summed E-state index contributed by atoms with van der Waals surface area (Å²) in [6, 6.07) is 19.2. The van der Waals surface area contributed by atoms with Gasteiger partial charge in [0.05, 0.1) is 6.61 Å². The number of rotatable bonds is 6. The molecule has 2 saturated heterocycles. The molecule has 0 aliphatic carbocycles. The summed E-state index contributed by atoms with van der Waals surface area (Å²) in [4.78, 5) is 17.2. The fourth-order valence-corrected chi connectivity index (χ4v) is 5.13. The van der Waals surface area contributed by atoms with E-state index < -0.39 is 0 Å². The molecule has 30 heavy (non-hydrogen) atoms. The van der Waals surface area contributed by atoms with Crippen LogP contribution in [0.3, 0.4) is 0 Å². The Morgan fingerprint density at radius 2 is 1.77 bits per heavy atom. The second-order valence-corrected chi connectivity index (χ2v) is 9.38. The van der Waals surface area contributed by atoms with Crippen molar-refractivity contribution in [2.24, 2.45) is 5.41 Å². The van der Waals surface area contributed by atoms with E-state index in [0.717, 1.165) is 43.1 Å². The SMILES string of the molecule is CC(C)N1CC2(CCN(C(=O)COCc3ccccc3)CC2)C1c1ccc(Cl)cc1. The molecule has 4 nitrogen and oxygen atoms in total. The van der Waals surface area contributed by atoms with Crippen LogP contribution in [0, 0.1) is 5.41 Å². The zero-order valence-electron chi connectivity index (χ0n) is 17.9. The van der Waals surface area contributed by atoms with E-state index in [1.807, 2.05) is 47.4 Å². The second-order valence-electron chi connectivity index (χ2n) is 8.94. The van der Waals surface area contributed by atoms with E-state index >= 15 is 0 Å². The number of piperidine rings is 1. The fourth-order valence-electron chi connectivity index (χ4n) is 5.01. The van der Waals surface area contributed by atoms with Gasteiger partial charge in [0.2, 0.25) is 5.91 Å². The van der Waals surface area contributed by atoms with Gasteiger partial charge in [0.25, 0.3) is 0 Å². The normalized spacial score (nSPS) is 21.1. The van der Waals surface area contributed by atoms with Crippen LogP contribution < -0.4 is 0 Å². The first-order valence-electron chi connectivity index (χ1n) is 10.9. The van der Waals surface area contributed by atoms with Gasteiger partial charge < -0.3 is 9.64 Å². The lowest BCUT2D eigenvalue weighted by Gasteiger charge is -2.62. The Bertz CT molecular complexity index is 845.